The monoisotopic (exact) mass is 344 g/mol. The molecule has 0 radical (unpaired) electrons. The molecule has 0 atom stereocenters. The molecule has 0 saturated carbocycles. The Morgan fingerprint density at radius 2 is 1.71 bits per heavy atom. The van der Waals surface area contributed by atoms with Crippen molar-refractivity contribution in [2.75, 3.05) is 19.0 Å². The molecule has 2 rings (SSSR count). The van der Waals surface area contributed by atoms with Gasteiger partial charge in [0.25, 0.3) is 5.91 Å². The summed E-state index contributed by atoms with van der Waals surface area (Å²) in [6, 6.07) is 13.7. The van der Waals surface area contributed by atoms with Gasteiger partial charge in [-0.1, -0.05) is 35.9 Å². The van der Waals surface area contributed by atoms with Gasteiger partial charge >= 0.3 is 5.97 Å². The lowest BCUT2D eigenvalue weighted by Crippen LogP contribution is -2.27. The summed E-state index contributed by atoms with van der Waals surface area (Å²) in [5.41, 5.74) is 1.65. The second kappa shape index (κ2) is 7.66. The molecule has 0 aliphatic rings. The van der Waals surface area contributed by atoms with E-state index in [1.807, 2.05) is 31.1 Å². The van der Waals surface area contributed by atoms with E-state index in [9.17, 15) is 14.7 Å². The fraction of sp³-hybridized carbons (Fsp3) is 0.111. The highest BCUT2D eigenvalue weighted by molar-refractivity contribution is 6.34. The maximum absolute atomic E-state index is 12.2. The first-order chi connectivity index (χ1) is 11.4. The Labute approximate surface area is 145 Å². The van der Waals surface area contributed by atoms with Gasteiger partial charge in [0.05, 0.1) is 10.6 Å². The molecule has 0 unspecified atom stereocenters. The van der Waals surface area contributed by atoms with Gasteiger partial charge in [-0.3, -0.25) is 4.79 Å². The number of aliphatic carboxylic acids is 1. The van der Waals surface area contributed by atoms with Gasteiger partial charge < -0.3 is 15.3 Å². The largest absolute Gasteiger partial charge is 0.477 e. The standard InChI is InChI=1S/C18H17ClN2O3/c1-21(2)13-9-7-12(8-10-13)11-16(18(23)24)20-17(22)14-5-3-4-6-15(14)19/h3-11H,1-2H3,(H,20,22)(H,23,24). The number of carbonyl (C=O) groups is 2. The van der Waals surface area contributed by atoms with Crippen LogP contribution in [-0.2, 0) is 4.79 Å². The molecule has 0 aromatic heterocycles. The maximum atomic E-state index is 12.2. The van der Waals surface area contributed by atoms with Crippen LogP contribution in [0.1, 0.15) is 15.9 Å². The Morgan fingerprint density at radius 1 is 1.08 bits per heavy atom. The molecule has 24 heavy (non-hydrogen) atoms. The van der Waals surface area contributed by atoms with Gasteiger partial charge in [-0.05, 0) is 35.9 Å². The van der Waals surface area contributed by atoms with E-state index in [0.717, 1.165) is 5.69 Å². The summed E-state index contributed by atoms with van der Waals surface area (Å²) in [5.74, 6) is -1.80. The van der Waals surface area contributed by atoms with Crippen LogP contribution in [0.25, 0.3) is 6.08 Å². The van der Waals surface area contributed by atoms with E-state index in [4.69, 9.17) is 11.6 Å². The van der Waals surface area contributed by atoms with Gasteiger partial charge in [-0.25, -0.2) is 4.79 Å². The normalized spacial score (nSPS) is 11.0. The lowest BCUT2D eigenvalue weighted by Gasteiger charge is -2.12. The number of rotatable bonds is 5. The topological polar surface area (TPSA) is 69.6 Å². The number of halogens is 1. The number of carboxylic acids is 1. The molecule has 6 heteroatoms. The zero-order chi connectivity index (χ0) is 17.7. The Morgan fingerprint density at radius 3 is 2.25 bits per heavy atom. The second-order valence-electron chi connectivity index (χ2n) is 5.28. The van der Waals surface area contributed by atoms with E-state index in [-0.39, 0.29) is 16.3 Å². The third kappa shape index (κ3) is 4.36. The van der Waals surface area contributed by atoms with Crippen molar-refractivity contribution in [2.45, 2.75) is 0 Å². The molecule has 2 aromatic carbocycles. The molecule has 0 aliphatic heterocycles. The van der Waals surface area contributed by atoms with E-state index >= 15 is 0 Å². The molecule has 2 N–H and O–H groups in total. The quantitative estimate of drug-likeness (QED) is 0.817. The second-order valence-corrected chi connectivity index (χ2v) is 5.69. The van der Waals surface area contributed by atoms with Crippen LogP contribution in [0.2, 0.25) is 5.02 Å². The molecule has 5 nitrogen and oxygen atoms in total. The Kier molecular flexibility index (Phi) is 5.60. The number of nitrogens with one attached hydrogen (secondary N) is 1. The third-order valence-electron chi connectivity index (χ3n) is 3.32. The lowest BCUT2D eigenvalue weighted by atomic mass is 10.1. The van der Waals surface area contributed by atoms with Crippen LogP contribution in [0.15, 0.2) is 54.2 Å². The number of benzene rings is 2. The molecule has 1 amide bonds. The Bertz CT molecular complexity index is 783. The number of carboxylic acid groups (broad SMARTS) is 1. The molecule has 2 aromatic rings. The first kappa shape index (κ1) is 17.6. The molecule has 0 fully saturated rings. The van der Waals surface area contributed by atoms with Crippen LogP contribution in [0.5, 0.6) is 0 Å². The smallest absolute Gasteiger partial charge is 0.352 e. The number of amides is 1. The summed E-state index contributed by atoms with van der Waals surface area (Å²) >= 11 is 5.96. The van der Waals surface area contributed by atoms with Gasteiger partial charge in [0.15, 0.2) is 0 Å². The number of carbonyl (C=O) groups excluding carboxylic acids is 1. The molecular formula is C18H17ClN2O3. The molecule has 0 saturated heterocycles. The van der Waals surface area contributed by atoms with Crippen LogP contribution < -0.4 is 10.2 Å². The summed E-state index contributed by atoms with van der Waals surface area (Å²) in [6.07, 6.45) is 1.40. The van der Waals surface area contributed by atoms with Crippen LogP contribution in [0, 0.1) is 0 Å². The molecule has 124 valence electrons. The van der Waals surface area contributed by atoms with Crippen molar-refractivity contribution in [1.29, 1.82) is 0 Å². The lowest BCUT2D eigenvalue weighted by molar-refractivity contribution is -0.132. The Hall–Kier alpha value is -2.79. The van der Waals surface area contributed by atoms with Crippen LogP contribution >= 0.6 is 11.6 Å². The predicted molar refractivity (Wildman–Crippen MR) is 95.3 cm³/mol. The Balaban J connectivity index is 2.24. The molecule has 0 heterocycles. The fourth-order valence-corrected chi connectivity index (χ4v) is 2.24. The fourth-order valence-electron chi connectivity index (χ4n) is 2.02. The highest BCUT2D eigenvalue weighted by Gasteiger charge is 2.15. The van der Waals surface area contributed by atoms with Crippen molar-refractivity contribution in [3.63, 3.8) is 0 Å². The maximum Gasteiger partial charge on any atom is 0.352 e. The number of hydrogen-bond donors (Lipinski definition) is 2. The summed E-state index contributed by atoms with van der Waals surface area (Å²) in [4.78, 5) is 25.5. The molecule has 0 spiro atoms. The van der Waals surface area contributed by atoms with E-state index in [1.165, 1.54) is 12.1 Å². The first-order valence-corrected chi connectivity index (χ1v) is 7.54. The minimum atomic E-state index is -1.23. The van der Waals surface area contributed by atoms with E-state index < -0.39 is 11.9 Å². The molecule has 0 aliphatic carbocycles. The van der Waals surface area contributed by atoms with Crippen LogP contribution in [-0.4, -0.2) is 31.1 Å². The van der Waals surface area contributed by atoms with Gasteiger partial charge in [-0.2, -0.15) is 0 Å². The van der Waals surface area contributed by atoms with Crippen LogP contribution in [0.4, 0.5) is 5.69 Å². The number of nitrogens with zero attached hydrogens (tertiary/aromatic N) is 1. The van der Waals surface area contributed by atoms with Gasteiger partial charge in [0.1, 0.15) is 5.70 Å². The van der Waals surface area contributed by atoms with Crippen molar-refractivity contribution < 1.29 is 14.7 Å². The summed E-state index contributed by atoms with van der Waals surface area (Å²) < 4.78 is 0. The van der Waals surface area contributed by atoms with E-state index in [2.05, 4.69) is 5.32 Å². The van der Waals surface area contributed by atoms with Crippen molar-refractivity contribution in [3.05, 3.63) is 70.4 Å². The minimum Gasteiger partial charge on any atom is -0.477 e. The summed E-state index contributed by atoms with van der Waals surface area (Å²) in [5, 5.41) is 12.0. The van der Waals surface area contributed by atoms with Gasteiger partial charge in [-0.15, -0.1) is 0 Å². The van der Waals surface area contributed by atoms with Crippen molar-refractivity contribution in [1.82, 2.24) is 5.32 Å². The highest BCUT2D eigenvalue weighted by Crippen LogP contribution is 2.17. The van der Waals surface area contributed by atoms with Crippen molar-refractivity contribution in [3.8, 4) is 0 Å². The van der Waals surface area contributed by atoms with E-state index in [1.54, 1.807) is 30.3 Å². The van der Waals surface area contributed by atoms with Gasteiger partial charge in [0.2, 0.25) is 0 Å². The van der Waals surface area contributed by atoms with Crippen molar-refractivity contribution >= 4 is 35.2 Å². The van der Waals surface area contributed by atoms with Gasteiger partial charge in [0, 0.05) is 19.8 Å². The van der Waals surface area contributed by atoms with Crippen LogP contribution in [0.3, 0.4) is 0 Å². The zero-order valence-electron chi connectivity index (χ0n) is 13.3. The SMILES string of the molecule is CN(C)c1ccc(C=C(NC(=O)c2ccccc2Cl)C(=O)O)cc1. The first-order valence-electron chi connectivity index (χ1n) is 7.16. The average molecular weight is 345 g/mol. The number of anilines is 1. The minimum absolute atomic E-state index is 0.217. The molecular weight excluding hydrogens is 328 g/mol. The van der Waals surface area contributed by atoms with E-state index in [0.29, 0.717) is 5.56 Å². The zero-order valence-corrected chi connectivity index (χ0v) is 14.0. The van der Waals surface area contributed by atoms with Crippen molar-refractivity contribution in [2.24, 2.45) is 0 Å². The predicted octanol–water partition coefficient (Wildman–Crippen LogP) is 3.26. The summed E-state index contributed by atoms with van der Waals surface area (Å²) in [6.45, 7) is 0. The highest BCUT2D eigenvalue weighted by atomic mass is 35.5. The average Bonchev–Trinajstić information content (AvgIpc) is 2.54. The summed E-state index contributed by atoms with van der Waals surface area (Å²) in [7, 11) is 3.83. The number of hydrogen-bond acceptors (Lipinski definition) is 3. The third-order valence-corrected chi connectivity index (χ3v) is 3.65. The molecule has 0 bridgehead atoms.